The molecule has 2 atom stereocenters. The van der Waals surface area contributed by atoms with Gasteiger partial charge in [0.15, 0.2) is 5.78 Å². The Hall–Kier alpha value is -1.84. The first-order chi connectivity index (χ1) is 8.68. The molecule has 2 aliphatic rings. The summed E-state index contributed by atoms with van der Waals surface area (Å²) in [4.78, 5) is 24.9. The molecule has 1 fully saturated rings. The van der Waals surface area contributed by atoms with Gasteiger partial charge in [0.1, 0.15) is 6.54 Å². The van der Waals surface area contributed by atoms with Gasteiger partial charge in [-0.1, -0.05) is 18.2 Å². The van der Waals surface area contributed by atoms with Crippen LogP contribution in [0.25, 0.3) is 0 Å². The van der Waals surface area contributed by atoms with Gasteiger partial charge < -0.3 is 10.0 Å². The fraction of sp³-hybridized carbons (Fsp3) is 0.429. The minimum Gasteiger partial charge on any atom is -0.480 e. The van der Waals surface area contributed by atoms with Crippen molar-refractivity contribution in [3.8, 4) is 0 Å². The molecule has 0 amide bonds. The van der Waals surface area contributed by atoms with Crippen molar-refractivity contribution in [2.24, 2.45) is 0 Å². The summed E-state index contributed by atoms with van der Waals surface area (Å²) in [6.07, 6.45) is 2.46. The van der Waals surface area contributed by atoms with Crippen molar-refractivity contribution in [1.29, 1.82) is 0 Å². The van der Waals surface area contributed by atoms with E-state index in [-0.39, 0.29) is 24.3 Å². The number of para-hydroxylation sites is 1. The van der Waals surface area contributed by atoms with Gasteiger partial charge >= 0.3 is 5.97 Å². The summed E-state index contributed by atoms with van der Waals surface area (Å²) >= 11 is 0. The topological polar surface area (TPSA) is 57.6 Å². The average Bonchev–Trinajstić information content (AvgIpc) is 2.66. The van der Waals surface area contributed by atoms with Crippen LogP contribution in [-0.4, -0.2) is 29.4 Å². The molecule has 1 aliphatic heterocycles. The van der Waals surface area contributed by atoms with Crippen LogP contribution in [-0.2, 0) is 9.59 Å². The molecule has 3 rings (SSSR count). The molecular weight excluding hydrogens is 230 g/mol. The molecule has 0 radical (unpaired) electrons. The largest absolute Gasteiger partial charge is 0.480 e. The summed E-state index contributed by atoms with van der Waals surface area (Å²) in [6, 6.07) is 7.54. The summed E-state index contributed by atoms with van der Waals surface area (Å²) in [5, 5.41) is 9.02. The number of hydrogen-bond donors (Lipinski definition) is 1. The minimum absolute atomic E-state index is 0.0933. The SMILES string of the molecule is O=C(O)CN1c2ccccc2C2CCCC(=O)C21. The Bertz CT molecular complexity index is 512. The van der Waals surface area contributed by atoms with Crippen LogP contribution < -0.4 is 4.90 Å². The first kappa shape index (κ1) is 11.3. The minimum atomic E-state index is -0.885. The number of Topliss-reactive ketones (excluding diaryl/α,β-unsaturated/α-hetero) is 1. The number of carbonyl (C=O) groups is 2. The van der Waals surface area contributed by atoms with E-state index in [1.165, 1.54) is 0 Å². The third-order valence-electron chi connectivity index (χ3n) is 3.94. The zero-order valence-electron chi connectivity index (χ0n) is 10.0. The summed E-state index contributed by atoms with van der Waals surface area (Å²) in [5.41, 5.74) is 2.06. The molecule has 4 heteroatoms. The van der Waals surface area contributed by atoms with E-state index in [1.807, 2.05) is 24.3 Å². The second-order valence-corrected chi connectivity index (χ2v) is 4.99. The molecular formula is C14H15NO3. The summed E-state index contributed by atoms with van der Waals surface area (Å²) in [6.45, 7) is -0.0933. The lowest BCUT2D eigenvalue weighted by Gasteiger charge is -2.31. The van der Waals surface area contributed by atoms with Crippen LogP contribution in [0, 0.1) is 0 Å². The normalized spacial score (nSPS) is 25.8. The number of fused-ring (bicyclic) bond motifs is 3. The number of carboxylic acid groups (broad SMARTS) is 1. The maximum Gasteiger partial charge on any atom is 0.323 e. The molecule has 0 saturated heterocycles. The first-order valence-corrected chi connectivity index (χ1v) is 6.28. The van der Waals surface area contributed by atoms with Crippen molar-refractivity contribution in [2.75, 3.05) is 11.4 Å². The highest BCUT2D eigenvalue weighted by atomic mass is 16.4. The lowest BCUT2D eigenvalue weighted by molar-refractivity contribution is -0.135. The molecule has 18 heavy (non-hydrogen) atoms. The third-order valence-corrected chi connectivity index (χ3v) is 3.94. The van der Waals surface area contributed by atoms with Crippen LogP contribution in [0.15, 0.2) is 24.3 Å². The molecule has 2 unspecified atom stereocenters. The van der Waals surface area contributed by atoms with Crippen molar-refractivity contribution in [1.82, 2.24) is 0 Å². The van der Waals surface area contributed by atoms with E-state index in [2.05, 4.69) is 0 Å². The van der Waals surface area contributed by atoms with E-state index in [4.69, 9.17) is 5.11 Å². The van der Waals surface area contributed by atoms with Crippen LogP contribution in [0.2, 0.25) is 0 Å². The highest BCUT2D eigenvalue weighted by Crippen LogP contribution is 2.46. The maximum absolute atomic E-state index is 12.1. The van der Waals surface area contributed by atoms with Gasteiger partial charge in [0, 0.05) is 18.0 Å². The standard InChI is InChI=1S/C14H15NO3/c16-12-7-3-5-10-9-4-1-2-6-11(9)15(14(10)12)8-13(17)18/h1-2,4,6,10,14H,3,5,7-8H2,(H,17,18). The molecule has 1 aliphatic carbocycles. The Morgan fingerprint density at radius 3 is 2.94 bits per heavy atom. The summed E-state index contributed by atoms with van der Waals surface area (Å²) in [5.74, 6) is -0.519. The van der Waals surface area contributed by atoms with Gasteiger partial charge in [-0.05, 0) is 24.5 Å². The number of hydrogen-bond acceptors (Lipinski definition) is 3. The number of carbonyl (C=O) groups excluding carboxylic acids is 1. The molecule has 0 spiro atoms. The summed E-state index contributed by atoms with van der Waals surface area (Å²) in [7, 11) is 0. The quantitative estimate of drug-likeness (QED) is 0.863. The fourth-order valence-corrected chi connectivity index (χ4v) is 3.28. The van der Waals surface area contributed by atoms with Gasteiger partial charge in [0.05, 0.1) is 6.04 Å². The number of rotatable bonds is 2. The Kier molecular flexibility index (Phi) is 2.58. The third kappa shape index (κ3) is 1.60. The number of aliphatic carboxylic acids is 1. The zero-order valence-corrected chi connectivity index (χ0v) is 10.0. The molecule has 1 aromatic rings. The number of nitrogens with zero attached hydrogens (tertiary/aromatic N) is 1. The van der Waals surface area contributed by atoms with Crippen LogP contribution in [0.1, 0.15) is 30.7 Å². The van der Waals surface area contributed by atoms with E-state index in [1.54, 1.807) is 4.90 Å². The lowest BCUT2D eigenvalue weighted by atomic mass is 9.81. The Labute approximate surface area is 105 Å². The van der Waals surface area contributed by atoms with E-state index in [0.29, 0.717) is 6.42 Å². The van der Waals surface area contributed by atoms with Crippen LogP contribution >= 0.6 is 0 Å². The van der Waals surface area contributed by atoms with Crippen LogP contribution in [0.4, 0.5) is 5.69 Å². The van der Waals surface area contributed by atoms with Crippen molar-refractivity contribution in [3.05, 3.63) is 29.8 Å². The smallest absolute Gasteiger partial charge is 0.323 e. The average molecular weight is 245 g/mol. The lowest BCUT2D eigenvalue weighted by Crippen LogP contribution is -2.45. The second-order valence-electron chi connectivity index (χ2n) is 4.99. The first-order valence-electron chi connectivity index (χ1n) is 6.28. The van der Waals surface area contributed by atoms with Crippen LogP contribution in [0.5, 0.6) is 0 Å². The molecule has 0 aromatic heterocycles. The van der Waals surface area contributed by atoms with Crippen molar-refractivity contribution in [3.63, 3.8) is 0 Å². The van der Waals surface area contributed by atoms with Gasteiger partial charge in [-0.25, -0.2) is 0 Å². The van der Waals surface area contributed by atoms with Crippen LogP contribution in [0.3, 0.4) is 0 Å². The maximum atomic E-state index is 12.1. The van der Waals surface area contributed by atoms with E-state index < -0.39 is 5.97 Å². The van der Waals surface area contributed by atoms with E-state index in [9.17, 15) is 9.59 Å². The molecule has 1 saturated carbocycles. The van der Waals surface area contributed by atoms with Crippen molar-refractivity contribution < 1.29 is 14.7 Å². The summed E-state index contributed by atoms with van der Waals surface area (Å²) < 4.78 is 0. The molecule has 1 heterocycles. The van der Waals surface area contributed by atoms with E-state index in [0.717, 1.165) is 24.1 Å². The number of ketones is 1. The van der Waals surface area contributed by atoms with Crippen molar-refractivity contribution >= 4 is 17.4 Å². The highest BCUT2D eigenvalue weighted by molar-refractivity contribution is 5.93. The molecule has 1 aromatic carbocycles. The van der Waals surface area contributed by atoms with Gasteiger partial charge in [0.25, 0.3) is 0 Å². The predicted molar refractivity (Wildman–Crippen MR) is 66.8 cm³/mol. The van der Waals surface area contributed by atoms with Gasteiger partial charge in [-0.15, -0.1) is 0 Å². The van der Waals surface area contributed by atoms with Crippen molar-refractivity contribution in [2.45, 2.75) is 31.2 Å². The fourth-order valence-electron chi connectivity index (χ4n) is 3.28. The number of anilines is 1. The van der Waals surface area contributed by atoms with Gasteiger partial charge in [0.2, 0.25) is 0 Å². The Morgan fingerprint density at radius 1 is 1.39 bits per heavy atom. The molecule has 1 N–H and O–H groups in total. The van der Waals surface area contributed by atoms with E-state index >= 15 is 0 Å². The second kappa shape index (κ2) is 4.12. The molecule has 4 nitrogen and oxygen atoms in total. The van der Waals surface area contributed by atoms with Gasteiger partial charge in [-0.2, -0.15) is 0 Å². The Morgan fingerprint density at radius 2 is 2.17 bits per heavy atom. The number of carboxylic acids is 1. The number of benzene rings is 1. The molecule has 94 valence electrons. The Balaban J connectivity index is 2.05. The predicted octanol–water partition coefficient (Wildman–Crippen LogP) is 1.80. The van der Waals surface area contributed by atoms with Gasteiger partial charge in [-0.3, -0.25) is 9.59 Å². The highest BCUT2D eigenvalue weighted by Gasteiger charge is 2.44. The zero-order chi connectivity index (χ0) is 12.7. The monoisotopic (exact) mass is 245 g/mol. The molecule has 0 bridgehead atoms.